The number of ether oxygens (including phenoxy) is 1. The van der Waals surface area contributed by atoms with Crippen LogP contribution in [0.25, 0.3) is 6.08 Å². The minimum absolute atomic E-state index is 0.0715. The summed E-state index contributed by atoms with van der Waals surface area (Å²) < 4.78 is 20.3. The third-order valence-electron chi connectivity index (χ3n) is 3.54. The zero-order valence-electron chi connectivity index (χ0n) is 16.4. The molecule has 0 aromatic heterocycles. The van der Waals surface area contributed by atoms with Gasteiger partial charge < -0.3 is 14.4 Å². The Labute approximate surface area is 174 Å². The molecule has 9 heteroatoms. The Morgan fingerprint density at radius 3 is 2.20 bits per heavy atom. The number of carbonyl (C=O) groups excluding carboxylic acids is 1. The Morgan fingerprint density at radius 2 is 1.70 bits per heavy atom. The van der Waals surface area contributed by atoms with E-state index in [2.05, 4.69) is 17.7 Å². The van der Waals surface area contributed by atoms with Crippen LogP contribution < -0.4 is 4.52 Å². The van der Waals surface area contributed by atoms with Gasteiger partial charge in [0.25, 0.3) is 0 Å². The predicted molar refractivity (Wildman–Crippen MR) is 112 cm³/mol. The number of carbonyl (C=O) groups is 2. The van der Waals surface area contributed by atoms with E-state index in [1.165, 1.54) is 13.0 Å². The number of hydrogen-bond acceptors (Lipinski definition) is 5. The van der Waals surface area contributed by atoms with Gasteiger partial charge in [-0.05, 0) is 36.2 Å². The standard InChI is InChI=1S/C12H15O6P.C9H8O2/c1-9(2)12(13)17-8-7-10-5-3-4-6-11(10)18-19(14,15)16;1-2-7-3-5-8(6-4-7)9(10)11/h3-6H,1,7-8H2,2H3,(H2,14,15,16);2-6H,1H2,(H,10,11). The summed E-state index contributed by atoms with van der Waals surface area (Å²) >= 11 is 0. The van der Waals surface area contributed by atoms with Crippen LogP contribution in [0.3, 0.4) is 0 Å². The predicted octanol–water partition coefficient (Wildman–Crippen LogP) is 3.85. The number of carboxylic acid groups (broad SMARTS) is 1. The molecular formula is C21H23O8P. The van der Waals surface area contributed by atoms with E-state index in [1.54, 1.807) is 48.5 Å². The van der Waals surface area contributed by atoms with Crippen LogP contribution in [0.5, 0.6) is 5.75 Å². The van der Waals surface area contributed by atoms with Crippen LogP contribution in [-0.2, 0) is 20.5 Å². The zero-order valence-corrected chi connectivity index (χ0v) is 17.2. The second-order valence-electron chi connectivity index (χ2n) is 5.99. The first kappa shape index (κ1) is 24.8. The molecule has 160 valence electrons. The topological polar surface area (TPSA) is 130 Å². The normalized spacial score (nSPS) is 10.2. The van der Waals surface area contributed by atoms with Gasteiger partial charge in [0, 0.05) is 12.0 Å². The van der Waals surface area contributed by atoms with E-state index in [-0.39, 0.29) is 18.8 Å². The van der Waals surface area contributed by atoms with Gasteiger partial charge in [0.1, 0.15) is 5.75 Å². The van der Waals surface area contributed by atoms with E-state index in [0.717, 1.165) is 5.56 Å². The first-order valence-corrected chi connectivity index (χ1v) is 10.2. The van der Waals surface area contributed by atoms with Gasteiger partial charge in [-0.2, -0.15) is 0 Å². The van der Waals surface area contributed by atoms with Crippen molar-refractivity contribution in [2.75, 3.05) is 6.61 Å². The lowest BCUT2D eigenvalue weighted by atomic mass is 10.1. The second-order valence-corrected chi connectivity index (χ2v) is 7.15. The summed E-state index contributed by atoms with van der Waals surface area (Å²) in [5.41, 5.74) is 2.06. The highest BCUT2D eigenvalue weighted by Gasteiger charge is 2.18. The van der Waals surface area contributed by atoms with Crippen LogP contribution in [0.15, 0.2) is 67.3 Å². The van der Waals surface area contributed by atoms with Gasteiger partial charge >= 0.3 is 19.8 Å². The molecule has 0 heterocycles. The minimum atomic E-state index is -4.60. The van der Waals surface area contributed by atoms with Crippen molar-refractivity contribution in [1.29, 1.82) is 0 Å². The highest BCUT2D eigenvalue weighted by atomic mass is 31.2. The van der Waals surface area contributed by atoms with Gasteiger partial charge in [-0.15, -0.1) is 0 Å². The van der Waals surface area contributed by atoms with E-state index >= 15 is 0 Å². The fourth-order valence-electron chi connectivity index (χ4n) is 2.07. The van der Waals surface area contributed by atoms with Crippen molar-refractivity contribution in [3.63, 3.8) is 0 Å². The van der Waals surface area contributed by atoms with E-state index < -0.39 is 19.8 Å². The Kier molecular flexibility index (Phi) is 9.71. The van der Waals surface area contributed by atoms with Crippen molar-refractivity contribution in [3.05, 3.63) is 84.0 Å². The number of hydrogen-bond donors (Lipinski definition) is 3. The molecular weight excluding hydrogens is 411 g/mol. The highest BCUT2D eigenvalue weighted by Crippen LogP contribution is 2.39. The molecule has 0 aliphatic heterocycles. The third kappa shape index (κ3) is 9.34. The van der Waals surface area contributed by atoms with Crippen molar-refractivity contribution in [3.8, 4) is 5.75 Å². The van der Waals surface area contributed by atoms with Crippen LogP contribution in [-0.4, -0.2) is 33.4 Å². The Bertz CT molecular complexity index is 944. The van der Waals surface area contributed by atoms with Crippen molar-refractivity contribution in [1.82, 2.24) is 0 Å². The summed E-state index contributed by atoms with van der Waals surface area (Å²) in [6.07, 6.45) is 1.96. The van der Waals surface area contributed by atoms with Crippen molar-refractivity contribution < 1.29 is 38.3 Å². The first-order chi connectivity index (χ1) is 14.0. The van der Waals surface area contributed by atoms with Gasteiger partial charge in [0.2, 0.25) is 0 Å². The molecule has 0 saturated heterocycles. The van der Waals surface area contributed by atoms with Crippen LogP contribution in [0.1, 0.15) is 28.4 Å². The molecule has 0 unspecified atom stereocenters. The molecule has 0 spiro atoms. The van der Waals surface area contributed by atoms with Crippen LogP contribution >= 0.6 is 7.82 Å². The molecule has 0 saturated carbocycles. The molecule has 0 atom stereocenters. The summed E-state index contributed by atoms with van der Waals surface area (Å²) in [7, 11) is -4.60. The van der Waals surface area contributed by atoms with Gasteiger partial charge in [-0.1, -0.05) is 49.6 Å². The molecule has 0 aliphatic carbocycles. The van der Waals surface area contributed by atoms with Crippen LogP contribution in [0, 0.1) is 0 Å². The number of benzene rings is 2. The summed E-state index contributed by atoms with van der Waals surface area (Å²) in [5.74, 6) is -1.34. The van der Waals surface area contributed by atoms with E-state index in [4.69, 9.17) is 19.6 Å². The van der Waals surface area contributed by atoms with Gasteiger partial charge in [0.15, 0.2) is 0 Å². The van der Waals surface area contributed by atoms with Crippen molar-refractivity contribution in [2.24, 2.45) is 0 Å². The molecule has 0 amide bonds. The van der Waals surface area contributed by atoms with Crippen LogP contribution in [0.4, 0.5) is 0 Å². The average molecular weight is 434 g/mol. The maximum atomic E-state index is 11.2. The van der Waals surface area contributed by atoms with E-state index in [1.807, 2.05) is 0 Å². The first-order valence-electron chi connectivity index (χ1n) is 8.65. The Morgan fingerprint density at radius 1 is 1.10 bits per heavy atom. The molecule has 2 aromatic carbocycles. The minimum Gasteiger partial charge on any atom is -0.478 e. The number of phosphoric acid groups is 1. The van der Waals surface area contributed by atoms with Gasteiger partial charge in [0.05, 0.1) is 12.2 Å². The maximum absolute atomic E-state index is 11.2. The fraction of sp³-hybridized carbons (Fsp3) is 0.143. The van der Waals surface area contributed by atoms with Gasteiger partial charge in [-0.25, -0.2) is 14.2 Å². The number of phosphoric ester groups is 1. The summed E-state index contributed by atoms with van der Waals surface area (Å²) in [5, 5.41) is 8.52. The van der Waals surface area contributed by atoms with Gasteiger partial charge in [-0.3, -0.25) is 9.79 Å². The quantitative estimate of drug-likeness (QED) is 0.324. The van der Waals surface area contributed by atoms with Crippen molar-refractivity contribution in [2.45, 2.75) is 13.3 Å². The molecule has 0 radical (unpaired) electrons. The molecule has 2 rings (SSSR count). The van der Waals surface area contributed by atoms with Crippen LogP contribution in [0.2, 0.25) is 0 Å². The monoisotopic (exact) mass is 434 g/mol. The van der Waals surface area contributed by atoms with E-state index in [0.29, 0.717) is 16.7 Å². The number of carboxylic acids is 1. The van der Waals surface area contributed by atoms with E-state index in [9.17, 15) is 14.2 Å². The SMILES string of the molecule is C=C(C)C(=O)OCCc1ccccc1OP(=O)(O)O.C=Cc1ccc(C(=O)O)cc1. The average Bonchev–Trinajstić information content (AvgIpc) is 2.68. The summed E-state index contributed by atoms with van der Waals surface area (Å²) in [4.78, 5) is 39.1. The smallest absolute Gasteiger partial charge is 0.478 e. The number of aromatic carboxylic acids is 1. The summed E-state index contributed by atoms with van der Waals surface area (Å²) in [6.45, 7) is 8.61. The molecule has 3 N–H and O–H groups in total. The molecule has 0 aliphatic rings. The largest absolute Gasteiger partial charge is 0.524 e. The molecule has 2 aromatic rings. The Balaban J connectivity index is 0.000000346. The molecule has 30 heavy (non-hydrogen) atoms. The highest BCUT2D eigenvalue weighted by molar-refractivity contribution is 7.46. The Hall–Kier alpha value is -3.19. The second kappa shape index (κ2) is 11.7. The summed E-state index contributed by atoms with van der Waals surface area (Å²) in [6, 6.07) is 12.9. The maximum Gasteiger partial charge on any atom is 0.524 e. The number of esters is 1. The third-order valence-corrected chi connectivity index (χ3v) is 3.97. The molecule has 0 bridgehead atoms. The lowest BCUT2D eigenvalue weighted by molar-refractivity contribution is -0.138. The lowest BCUT2D eigenvalue weighted by Crippen LogP contribution is -2.08. The lowest BCUT2D eigenvalue weighted by Gasteiger charge is -2.11. The van der Waals surface area contributed by atoms with Crippen molar-refractivity contribution >= 4 is 25.8 Å². The number of para-hydroxylation sites is 1. The molecule has 0 fully saturated rings. The molecule has 8 nitrogen and oxygen atoms in total. The fourth-order valence-corrected chi connectivity index (χ4v) is 2.50. The zero-order chi connectivity index (χ0) is 22.7. The number of rotatable bonds is 8.